The van der Waals surface area contributed by atoms with Gasteiger partial charge in [-0.3, -0.25) is 4.68 Å². The molecule has 2 heterocycles. The molecule has 2 rings (SSSR count). The molecule has 0 fully saturated rings. The molecule has 0 saturated carbocycles. The SMILES string of the molecule is CC(C)n1ncc2c1CCN(C)C2. The number of nitrogens with zero attached hydrogens (tertiary/aromatic N) is 3. The van der Waals surface area contributed by atoms with Crippen LogP contribution in [0.4, 0.5) is 0 Å². The molecular weight excluding hydrogens is 162 g/mol. The van der Waals surface area contributed by atoms with Crippen molar-refractivity contribution in [3.8, 4) is 0 Å². The summed E-state index contributed by atoms with van der Waals surface area (Å²) < 4.78 is 2.16. The van der Waals surface area contributed by atoms with Crippen molar-refractivity contribution in [2.24, 2.45) is 0 Å². The highest BCUT2D eigenvalue weighted by Gasteiger charge is 2.18. The smallest absolute Gasteiger partial charge is 0.0537 e. The van der Waals surface area contributed by atoms with Gasteiger partial charge >= 0.3 is 0 Å². The summed E-state index contributed by atoms with van der Waals surface area (Å²) in [5.74, 6) is 0. The van der Waals surface area contributed by atoms with Crippen LogP contribution in [0.2, 0.25) is 0 Å². The third-order valence-electron chi connectivity index (χ3n) is 2.64. The highest BCUT2D eigenvalue weighted by Crippen LogP contribution is 2.20. The van der Waals surface area contributed by atoms with Crippen LogP contribution in [0.15, 0.2) is 6.20 Å². The highest BCUT2D eigenvalue weighted by molar-refractivity contribution is 5.20. The summed E-state index contributed by atoms with van der Waals surface area (Å²) in [6.07, 6.45) is 3.16. The van der Waals surface area contributed by atoms with Crippen LogP contribution in [-0.2, 0) is 13.0 Å². The molecule has 0 aromatic carbocycles. The van der Waals surface area contributed by atoms with E-state index in [0.717, 1.165) is 19.5 Å². The van der Waals surface area contributed by atoms with Gasteiger partial charge in [-0.1, -0.05) is 0 Å². The van der Waals surface area contributed by atoms with E-state index in [-0.39, 0.29) is 0 Å². The normalized spacial score (nSPS) is 17.8. The van der Waals surface area contributed by atoms with Crippen LogP contribution in [0.3, 0.4) is 0 Å². The van der Waals surface area contributed by atoms with Crippen molar-refractivity contribution >= 4 is 0 Å². The molecule has 1 aromatic heterocycles. The Bertz CT molecular complexity index is 301. The number of hydrogen-bond acceptors (Lipinski definition) is 2. The van der Waals surface area contributed by atoms with Gasteiger partial charge in [0.15, 0.2) is 0 Å². The number of rotatable bonds is 1. The fourth-order valence-corrected chi connectivity index (χ4v) is 1.94. The van der Waals surface area contributed by atoms with Gasteiger partial charge in [-0.05, 0) is 20.9 Å². The monoisotopic (exact) mass is 179 g/mol. The van der Waals surface area contributed by atoms with Gasteiger partial charge in [0.25, 0.3) is 0 Å². The largest absolute Gasteiger partial charge is 0.302 e. The van der Waals surface area contributed by atoms with E-state index in [1.165, 1.54) is 11.3 Å². The van der Waals surface area contributed by atoms with Crippen LogP contribution >= 0.6 is 0 Å². The minimum atomic E-state index is 0.493. The van der Waals surface area contributed by atoms with Crippen molar-refractivity contribution < 1.29 is 0 Å². The van der Waals surface area contributed by atoms with Crippen LogP contribution in [0.1, 0.15) is 31.1 Å². The quantitative estimate of drug-likeness (QED) is 0.650. The molecule has 0 bridgehead atoms. The Morgan fingerprint density at radius 3 is 2.92 bits per heavy atom. The molecule has 0 saturated heterocycles. The third kappa shape index (κ3) is 1.48. The molecule has 1 aliphatic rings. The lowest BCUT2D eigenvalue weighted by Gasteiger charge is -2.23. The second-order valence-electron chi connectivity index (χ2n) is 4.14. The molecular formula is C10H17N3. The van der Waals surface area contributed by atoms with Crippen LogP contribution in [0, 0.1) is 0 Å². The zero-order valence-electron chi connectivity index (χ0n) is 8.62. The molecule has 0 spiro atoms. The van der Waals surface area contributed by atoms with Gasteiger partial charge in [0.05, 0.1) is 6.20 Å². The predicted molar refractivity (Wildman–Crippen MR) is 52.7 cm³/mol. The molecule has 3 nitrogen and oxygen atoms in total. The molecule has 1 aliphatic heterocycles. The van der Waals surface area contributed by atoms with E-state index in [1.54, 1.807) is 0 Å². The molecule has 0 radical (unpaired) electrons. The highest BCUT2D eigenvalue weighted by atomic mass is 15.3. The lowest BCUT2D eigenvalue weighted by atomic mass is 10.1. The van der Waals surface area contributed by atoms with Crippen molar-refractivity contribution in [2.75, 3.05) is 13.6 Å². The van der Waals surface area contributed by atoms with Crippen molar-refractivity contribution in [2.45, 2.75) is 32.9 Å². The van der Waals surface area contributed by atoms with E-state index in [9.17, 15) is 0 Å². The first kappa shape index (κ1) is 8.75. The summed E-state index contributed by atoms with van der Waals surface area (Å²) >= 11 is 0. The van der Waals surface area contributed by atoms with Crippen LogP contribution in [0.25, 0.3) is 0 Å². The fraction of sp³-hybridized carbons (Fsp3) is 0.700. The van der Waals surface area contributed by atoms with E-state index >= 15 is 0 Å². The summed E-state index contributed by atoms with van der Waals surface area (Å²) in [6.45, 7) is 6.59. The maximum atomic E-state index is 4.42. The van der Waals surface area contributed by atoms with Gasteiger partial charge in [-0.15, -0.1) is 0 Å². The Kier molecular flexibility index (Phi) is 2.12. The first-order valence-electron chi connectivity index (χ1n) is 4.92. The Morgan fingerprint density at radius 1 is 1.46 bits per heavy atom. The van der Waals surface area contributed by atoms with Crippen molar-refractivity contribution in [1.82, 2.24) is 14.7 Å². The van der Waals surface area contributed by atoms with Gasteiger partial charge in [-0.25, -0.2) is 0 Å². The summed E-state index contributed by atoms with van der Waals surface area (Å²) in [5, 5.41) is 4.42. The summed E-state index contributed by atoms with van der Waals surface area (Å²) in [4.78, 5) is 2.34. The first-order chi connectivity index (χ1) is 6.18. The maximum Gasteiger partial charge on any atom is 0.0537 e. The third-order valence-corrected chi connectivity index (χ3v) is 2.64. The minimum Gasteiger partial charge on any atom is -0.302 e. The summed E-state index contributed by atoms with van der Waals surface area (Å²) in [6, 6.07) is 0.493. The van der Waals surface area contributed by atoms with Gasteiger partial charge in [-0.2, -0.15) is 5.10 Å². The molecule has 0 unspecified atom stereocenters. The Hall–Kier alpha value is -0.830. The van der Waals surface area contributed by atoms with Gasteiger partial charge in [0, 0.05) is 36.8 Å². The van der Waals surface area contributed by atoms with Crippen molar-refractivity contribution in [3.05, 3.63) is 17.5 Å². The minimum absolute atomic E-state index is 0.493. The van der Waals surface area contributed by atoms with Crippen LogP contribution < -0.4 is 0 Å². The number of hydrogen-bond donors (Lipinski definition) is 0. The van der Waals surface area contributed by atoms with Gasteiger partial charge in [0.1, 0.15) is 0 Å². The van der Waals surface area contributed by atoms with E-state index in [1.807, 2.05) is 6.20 Å². The molecule has 0 N–H and O–H groups in total. The Morgan fingerprint density at radius 2 is 2.23 bits per heavy atom. The first-order valence-corrected chi connectivity index (χ1v) is 4.92. The molecule has 0 amide bonds. The molecule has 3 heteroatoms. The Balaban J connectivity index is 2.33. The lowest BCUT2D eigenvalue weighted by Crippen LogP contribution is -2.27. The van der Waals surface area contributed by atoms with Crippen LogP contribution in [0.5, 0.6) is 0 Å². The molecule has 1 aromatic rings. The van der Waals surface area contributed by atoms with Crippen molar-refractivity contribution in [1.29, 1.82) is 0 Å². The van der Waals surface area contributed by atoms with Gasteiger partial charge in [0.2, 0.25) is 0 Å². The molecule has 72 valence electrons. The summed E-state index contributed by atoms with van der Waals surface area (Å²) in [7, 11) is 2.16. The average molecular weight is 179 g/mol. The fourth-order valence-electron chi connectivity index (χ4n) is 1.94. The van der Waals surface area contributed by atoms with Gasteiger partial charge < -0.3 is 4.90 Å². The number of likely N-dealkylation sites (N-methyl/N-ethyl adjacent to an activating group) is 1. The zero-order chi connectivity index (χ0) is 9.42. The molecule has 0 atom stereocenters. The second kappa shape index (κ2) is 3.14. The maximum absolute atomic E-state index is 4.42. The van der Waals surface area contributed by atoms with E-state index in [4.69, 9.17) is 0 Å². The standard InChI is InChI=1S/C10H17N3/c1-8(2)13-10-4-5-12(3)7-9(10)6-11-13/h6,8H,4-5,7H2,1-3H3. The van der Waals surface area contributed by atoms with E-state index in [2.05, 4.69) is 35.6 Å². The Labute approximate surface area is 79.3 Å². The number of aromatic nitrogens is 2. The topological polar surface area (TPSA) is 21.1 Å². The van der Waals surface area contributed by atoms with Crippen molar-refractivity contribution in [3.63, 3.8) is 0 Å². The van der Waals surface area contributed by atoms with E-state index in [0.29, 0.717) is 6.04 Å². The molecule has 0 aliphatic carbocycles. The molecule has 13 heavy (non-hydrogen) atoms. The average Bonchev–Trinajstić information content (AvgIpc) is 2.46. The van der Waals surface area contributed by atoms with Crippen LogP contribution in [-0.4, -0.2) is 28.3 Å². The lowest BCUT2D eigenvalue weighted by molar-refractivity contribution is 0.305. The number of fused-ring (bicyclic) bond motifs is 1. The zero-order valence-corrected chi connectivity index (χ0v) is 8.62. The van der Waals surface area contributed by atoms with E-state index < -0.39 is 0 Å². The predicted octanol–water partition coefficient (Wildman–Crippen LogP) is 1.45. The summed E-state index contributed by atoms with van der Waals surface area (Å²) in [5.41, 5.74) is 2.84. The second-order valence-corrected chi connectivity index (χ2v) is 4.14.